The van der Waals surface area contributed by atoms with Gasteiger partial charge in [0.1, 0.15) is 0 Å². The molecule has 0 aliphatic carbocycles. The van der Waals surface area contributed by atoms with Crippen LogP contribution in [0.3, 0.4) is 0 Å². The van der Waals surface area contributed by atoms with Crippen molar-refractivity contribution in [3.05, 3.63) is 231 Å². The van der Waals surface area contributed by atoms with E-state index in [1.807, 2.05) is 0 Å². The summed E-state index contributed by atoms with van der Waals surface area (Å²) in [5.74, 6) is 0. The van der Waals surface area contributed by atoms with E-state index in [0.717, 1.165) is 22.7 Å². The second-order valence-electron chi connectivity index (χ2n) is 16.9. The van der Waals surface area contributed by atoms with E-state index in [-0.39, 0.29) is 0 Å². The third-order valence-corrected chi connectivity index (χ3v) is 13.5. The molecule has 14 aromatic rings. The van der Waals surface area contributed by atoms with E-state index >= 15 is 0 Å². The standard InChI is InChI=1S/C60H38N4/c1-3-16-40(17-4-1)61-52-25-11-8-21-46(52)50-37-42(31-34-57(50)61)63-54-27-13-7-20-45(54)49-36-39(30-33-56(49)63)44-24-15-29-59-60(44)48-23-10-14-28-55(48)64(59)43-32-35-58-51(38-43)47-22-9-12-26-53(47)62(58)41-18-5-2-6-19-41/h1-38H. The molecular formula is C60H38N4. The smallest absolute Gasteiger partial charge is 0.0547 e. The Kier molecular flexibility index (Phi) is 7.36. The van der Waals surface area contributed by atoms with E-state index in [2.05, 4.69) is 249 Å². The van der Waals surface area contributed by atoms with Crippen molar-refractivity contribution < 1.29 is 0 Å². The van der Waals surface area contributed by atoms with Gasteiger partial charge in [-0.3, -0.25) is 0 Å². The Hall–Kier alpha value is -8.60. The predicted octanol–water partition coefficient (Wildman–Crippen LogP) is 15.7. The number of benzene rings is 10. The van der Waals surface area contributed by atoms with E-state index in [9.17, 15) is 0 Å². The van der Waals surface area contributed by atoms with E-state index in [1.165, 1.54) is 98.4 Å². The Morgan fingerprint density at radius 1 is 0.203 bits per heavy atom. The van der Waals surface area contributed by atoms with Gasteiger partial charge in [-0.2, -0.15) is 0 Å². The molecule has 0 aliphatic heterocycles. The monoisotopic (exact) mass is 814 g/mol. The zero-order valence-electron chi connectivity index (χ0n) is 34.7. The SMILES string of the molecule is c1ccc(-n2c3ccccc3c3cc(-n4c5ccccc5c5cc(-c6cccc7c6c6ccccc6n7-c6ccc7c(c6)c6ccccc6n7-c6ccccc6)ccc54)ccc32)cc1. The van der Waals surface area contributed by atoms with Crippen LogP contribution in [0, 0.1) is 0 Å². The number of nitrogens with zero attached hydrogens (tertiary/aromatic N) is 4. The topological polar surface area (TPSA) is 19.7 Å². The molecule has 298 valence electrons. The lowest BCUT2D eigenvalue weighted by Gasteiger charge is -2.11. The van der Waals surface area contributed by atoms with Crippen molar-refractivity contribution in [3.63, 3.8) is 0 Å². The molecule has 0 saturated heterocycles. The Bertz CT molecular complexity index is 4180. The molecule has 0 spiro atoms. The minimum atomic E-state index is 1.15. The lowest BCUT2D eigenvalue weighted by atomic mass is 9.98. The average molecular weight is 815 g/mol. The van der Waals surface area contributed by atoms with Crippen molar-refractivity contribution in [2.75, 3.05) is 0 Å². The summed E-state index contributed by atoms with van der Waals surface area (Å²) in [6.45, 7) is 0. The van der Waals surface area contributed by atoms with Crippen LogP contribution in [-0.2, 0) is 0 Å². The summed E-state index contributed by atoms with van der Waals surface area (Å²) < 4.78 is 9.67. The number of hydrogen-bond acceptors (Lipinski definition) is 0. The van der Waals surface area contributed by atoms with Crippen LogP contribution in [0.15, 0.2) is 231 Å². The molecule has 4 heteroatoms. The first-order valence-corrected chi connectivity index (χ1v) is 22.0. The highest BCUT2D eigenvalue weighted by atomic mass is 15.0. The fourth-order valence-electron chi connectivity index (χ4n) is 10.9. The van der Waals surface area contributed by atoms with E-state index < -0.39 is 0 Å². The molecule has 4 heterocycles. The van der Waals surface area contributed by atoms with Gasteiger partial charge in [0, 0.05) is 65.8 Å². The summed E-state index contributed by atoms with van der Waals surface area (Å²) in [5, 5.41) is 9.95. The van der Waals surface area contributed by atoms with Gasteiger partial charge in [0.15, 0.2) is 0 Å². The molecule has 14 rings (SSSR count). The normalized spacial score (nSPS) is 12.1. The van der Waals surface area contributed by atoms with Crippen molar-refractivity contribution in [1.82, 2.24) is 18.3 Å². The first kappa shape index (κ1) is 35.0. The van der Waals surface area contributed by atoms with Crippen LogP contribution >= 0.6 is 0 Å². The first-order valence-electron chi connectivity index (χ1n) is 22.0. The second kappa shape index (κ2) is 13.4. The van der Waals surface area contributed by atoms with E-state index in [0.29, 0.717) is 0 Å². The summed E-state index contributed by atoms with van der Waals surface area (Å²) >= 11 is 0. The fourth-order valence-corrected chi connectivity index (χ4v) is 10.9. The van der Waals surface area contributed by atoms with Crippen molar-refractivity contribution in [1.29, 1.82) is 0 Å². The minimum absolute atomic E-state index is 1.15. The van der Waals surface area contributed by atoms with Crippen LogP contribution in [-0.4, -0.2) is 18.3 Å². The molecule has 0 unspecified atom stereocenters. The maximum absolute atomic E-state index is 2.46. The van der Waals surface area contributed by atoms with Gasteiger partial charge in [-0.1, -0.05) is 127 Å². The highest BCUT2D eigenvalue weighted by molar-refractivity contribution is 6.18. The summed E-state index contributed by atoms with van der Waals surface area (Å²) in [7, 11) is 0. The van der Waals surface area contributed by atoms with Crippen LogP contribution in [0.5, 0.6) is 0 Å². The molecule has 0 aliphatic rings. The van der Waals surface area contributed by atoms with Crippen LogP contribution in [0.2, 0.25) is 0 Å². The molecule has 64 heavy (non-hydrogen) atoms. The second-order valence-corrected chi connectivity index (χ2v) is 16.9. The maximum Gasteiger partial charge on any atom is 0.0547 e. The average Bonchev–Trinajstić information content (AvgIpc) is 4.09. The summed E-state index contributed by atoms with van der Waals surface area (Å²) in [6.07, 6.45) is 0. The first-order chi connectivity index (χ1) is 31.8. The molecular weight excluding hydrogens is 777 g/mol. The summed E-state index contributed by atoms with van der Waals surface area (Å²) in [4.78, 5) is 0. The number of rotatable bonds is 5. The number of fused-ring (bicyclic) bond motifs is 12. The lowest BCUT2D eigenvalue weighted by Crippen LogP contribution is -1.96. The molecule has 0 N–H and O–H groups in total. The third-order valence-electron chi connectivity index (χ3n) is 13.5. The zero-order valence-corrected chi connectivity index (χ0v) is 34.7. The van der Waals surface area contributed by atoms with Crippen molar-refractivity contribution in [3.8, 4) is 33.9 Å². The summed E-state index contributed by atoms with van der Waals surface area (Å²) in [6, 6.07) is 84.4. The molecule has 0 saturated carbocycles. The fraction of sp³-hybridized carbons (Fsp3) is 0. The van der Waals surface area contributed by atoms with Crippen LogP contribution in [0.1, 0.15) is 0 Å². The molecule has 0 amide bonds. The number of para-hydroxylation sites is 6. The molecule has 0 fully saturated rings. The van der Waals surface area contributed by atoms with Gasteiger partial charge in [-0.25, -0.2) is 0 Å². The van der Waals surface area contributed by atoms with Gasteiger partial charge in [0.25, 0.3) is 0 Å². The minimum Gasteiger partial charge on any atom is -0.309 e. The molecule has 10 aromatic carbocycles. The quantitative estimate of drug-likeness (QED) is 0.165. The largest absolute Gasteiger partial charge is 0.309 e. The highest BCUT2D eigenvalue weighted by Crippen LogP contribution is 2.43. The van der Waals surface area contributed by atoms with Gasteiger partial charge < -0.3 is 18.3 Å². The van der Waals surface area contributed by atoms with Gasteiger partial charge in [0.05, 0.1) is 44.1 Å². The van der Waals surface area contributed by atoms with Gasteiger partial charge in [-0.05, 0) is 114 Å². The Morgan fingerprint density at radius 3 is 1.08 bits per heavy atom. The van der Waals surface area contributed by atoms with Gasteiger partial charge in [-0.15, -0.1) is 0 Å². The Balaban J connectivity index is 0.956. The van der Waals surface area contributed by atoms with Gasteiger partial charge >= 0.3 is 0 Å². The number of hydrogen-bond donors (Lipinski definition) is 0. The molecule has 0 radical (unpaired) electrons. The van der Waals surface area contributed by atoms with Gasteiger partial charge in [0.2, 0.25) is 0 Å². The van der Waals surface area contributed by atoms with E-state index in [4.69, 9.17) is 0 Å². The molecule has 0 bridgehead atoms. The maximum atomic E-state index is 2.46. The van der Waals surface area contributed by atoms with Crippen LogP contribution in [0.4, 0.5) is 0 Å². The Labute approximate surface area is 368 Å². The Morgan fingerprint density at radius 2 is 0.562 bits per heavy atom. The molecule has 4 aromatic heterocycles. The zero-order chi connectivity index (χ0) is 41.9. The van der Waals surface area contributed by atoms with Crippen molar-refractivity contribution in [2.45, 2.75) is 0 Å². The lowest BCUT2D eigenvalue weighted by molar-refractivity contribution is 1.16. The highest BCUT2D eigenvalue weighted by Gasteiger charge is 2.21. The predicted molar refractivity (Wildman–Crippen MR) is 269 cm³/mol. The van der Waals surface area contributed by atoms with E-state index in [1.54, 1.807) is 0 Å². The van der Waals surface area contributed by atoms with Crippen LogP contribution < -0.4 is 0 Å². The van der Waals surface area contributed by atoms with Crippen molar-refractivity contribution >= 4 is 87.2 Å². The van der Waals surface area contributed by atoms with Crippen molar-refractivity contribution in [2.24, 2.45) is 0 Å². The third kappa shape index (κ3) is 4.93. The molecule has 4 nitrogen and oxygen atoms in total. The van der Waals surface area contributed by atoms with Crippen LogP contribution in [0.25, 0.3) is 121 Å². The number of aromatic nitrogens is 4. The molecule has 0 atom stereocenters. The summed E-state index contributed by atoms with van der Waals surface area (Å²) in [5.41, 5.74) is 16.6.